The van der Waals surface area contributed by atoms with Crippen molar-refractivity contribution in [3.05, 3.63) is 12.2 Å². The number of nitrogens with zero attached hydrogens (tertiary/aromatic N) is 4. The van der Waals surface area contributed by atoms with E-state index in [-0.39, 0.29) is 30.7 Å². The van der Waals surface area contributed by atoms with Gasteiger partial charge in [-0.2, -0.15) is 0 Å². The van der Waals surface area contributed by atoms with Crippen LogP contribution in [-0.4, -0.2) is 129 Å². The average molecular weight is 748 g/mol. The number of β-amino-alcohol motifs (C(OH)–C–C–N with tert-alkyl or cyclic N) is 1. The van der Waals surface area contributed by atoms with E-state index in [4.69, 9.17) is 4.74 Å². The molecule has 53 heavy (non-hydrogen) atoms. The van der Waals surface area contributed by atoms with Gasteiger partial charge >= 0.3 is 5.97 Å². The van der Waals surface area contributed by atoms with Crippen LogP contribution in [0.4, 0.5) is 0 Å². The Kier molecular flexibility index (Phi) is 17.1. The zero-order valence-electron chi connectivity index (χ0n) is 34.0. The summed E-state index contributed by atoms with van der Waals surface area (Å²) in [5.74, 6) is -4.47. The zero-order valence-corrected chi connectivity index (χ0v) is 34.0. The third-order valence-corrected chi connectivity index (χ3v) is 10.3. The van der Waals surface area contributed by atoms with Crippen LogP contribution in [0.2, 0.25) is 0 Å². The summed E-state index contributed by atoms with van der Waals surface area (Å²) < 4.78 is 5.41. The van der Waals surface area contributed by atoms with Crippen LogP contribution in [0, 0.1) is 23.7 Å². The molecule has 0 unspecified atom stereocenters. The number of hydrogen-bond donors (Lipinski definition) is 2. The number of ether oxygens (including phenoxy) is 1. The number of esters is 1. The number of unbranched alkanes of at least 4 members (excludes halogenated alkanes) is 1. The van der Waals surface area contributed by atoms with Crippen molar-refractivity contribution in [1.82, 2.24) is 24.9 Å². The highest BCUT2D eigenvalue weighted by Crippen LogP contribution is 2.27. The maximum Gasteiger partial charge on any atom is 0.302 e. The van der Waals surface area contributed by atoms with Gasteiger partial charge in [-0.1, -0.05) is 73.8 Å². The summed E-state index contributed by atoms with van der Waals surface area (Å²) in [6, 6.07) is -5.19. The fourth-order valence-corrected chi connectivity index (χ4v) is 7.50. The SMILES string of the molecule is CCCC[C@@H](C)C[C@@H](C)C(=O)N(C)[C@@H](CC(C)C)C(=O)N[C@H](C(=O)N(C)[C@H](C(=O)N1C[C@@H](O)C[C@H]1C(=O)N1C(=O)C=C[C@@H]1C)C(C)C)[C@H](C)OC(C)=O. The molecule has 1 fully saturated rings. The largest absolute Gasteiger partial charge is 0.460 e. The third kappa shape index (κ3) is 11.8. The molecule has 0 saturated carbocycles. The minimum absolute atomic E-state index is 0.00605. The van der Waals surface area contributed by atoms with E-state index in [0.717, 1.165) is 24.2 Å². The molecule has 300 valence electrons. The number of hydrogen-bond acceptors (Lipinski definition) is 9. The Morgan fingerprint density at radius 3 is 2.11 bits per heavy atom. The topological polar surface area (TPSA) is 174 Å². The van der Waals surface area contributed by atoms with Gasteiger partial charge in [0.2, 0.25) is 23.6 Å². The summed E-state index contributed by atoms with van der Waals surface area (Å²) in [6.07, 6.45) is 4.71. The molecule has 0 aromatic carbocycles. The summed E-state index contributed by atoms with van der Waals surface area (Å²) in [7, 11) is 2.98. The summed E-state index contributed by atoms with van der Waals surface area (Å²) in [6.45, 7) is 17.5. The number of aliphatic hydroxyl groups excluding tert-OH is 1. The molecular weight excluding hydrogens is 682 g/mol. The Morgan fingerprint density at radius 2 is 1.60 bits per heavy atom. The molecule has 9 atom stereocenters. The number of carbonyl (C=O) groups is 7. The van der Waals surface area contributed by atoms with Crippen LogP contribution >= 0.6 is 0 Å². The molecule has 6 amide bonds. The van der Waals surface area contributed by atoms with Crippen LogP contribution in [0.5, 0.6) is 0 Å². The number of carbonyl (C=O) groups excluding carboxylic acids is 7. The van der Waals surface area contributed by atoms with E-state index in [1.165, 1.54) is 41.7 Å². The van der Waals surface area contributed by atoms with Gasteiger partial charge in [-0.05, 0) is 44.4 Å². The minimum Gasteiger partial charge on any atom is -0.460 e. The lowest BCUT2D eigenvalue weighted by atomic mass is 9.91. The van der Waals surface area contributed by atoms with E-state index in [1.54, 1.807) is 33.9 Å². The highest BCUT2D eigenvalue weighted by atomic mass is 16.5. The fraction of sp³-hybridized carbons (Fsp3) is 0.769. The summed E-state index contributed by atoms with van der Waals surface area (Å²) in [5, 5.41) is 13.4. The monoisotopic (exact) mass is 747 g/mol. The maximum absolute atomic E-state index is 14.4. The van der Waals surface area contributed by atoms with E-state index in [9.17, 15) is 38.7 Å². The smallest absolute Gasteiger partial charge is 0.302 e. The van der Waals surface area contributed by atoms with Crippen molar-refractivity contribution in [2.45, 2.75) is 150 Å². The molecular formula is C39H65N5O9. The van der Waals surface area contributed by atoms with E-state index >= 15 is 0 Å². The van der Waals surface area contributed by atoms with Gasteiger partial charge in [-0.15, -0.1) is 0 Å². The van der Waals surface area contributed by atoms with Gasteiger partial charge in [0.1, 0.15) is 30.3 Å². The van der Waals surface area contributed by atoms with Crippen LogP contribution in [0.15, 0.2) is 12.2 Å². The lowest BCUT2D eigenvalue weighted by Crippen LogP contribution is -2.62. The first-order valence-corrected chi connectivity index (χ1v) is 19.2. The first-order valence-electron chi connectivity index (χ1n) is 19.2. The second-order valence-electron chi connectivity index (χ2n) is 16.0. The normalized spacial score (nSPS) is 21.9. The number of rotatable bonds is 18. The van der Waals surface area contributed by atoms with Crippen LogP contribution < -0.4 is 5.32 Å². The standard InChI is InChI=1S/C39H65N5O9/c1-13-14-15-24(6)19-25(7)36(49)41(11)30(18-22(2)3)35(48)40-33(27(9)53-28(10)45)38(51)42(12)34(23(4)5)39(52)43-21-29(46)20-31(43)37(50)44-26(8)16-17-32(44)47/h16-17,22-27,29-31,33-34,46H,13-15,18-21H2,1-12H3,(H,40,48)/t24-,25-,26+,27+,29+,30+,31+,33+,34+/m1/s1. The van der Waals surface area contributed by atoms with E-state index < -0.39 is 83.8 Å². The lowest BCUT2D eigenvalue weighted by molar-refractivity contribution is -0.157. The average Bonchev–Trinajstić information content (AvgIpc) is 3.63. The van der Waals surface area contributed by atoms with Crippen LogP contribution in [-0.2, 0) is 38.3 Å². The molecule has 1 saturated heterocycles. The van der Waals surface area contributed by atoms with E-state index in [1.807, 2.05) is 20.8 Å². The third-order valence-electron chi connectivity index (χ3n) is 10.3. The predicted molar refractivity (Wildman–Crippen MR) is 200 cm³/mol. The first kappa shape index (κ1) is 45.3. The number of imide groups is 1. The molecule has 2 rings (SSSR count). The Morgan fingerprint density at radius 1 is 0.981 bits per heavy atom. The highest BCUT2D eigenvalue weighted by molar-refractivity contribution is 6.06. The molecule has 0 aromatic heterocycles. The van der Waals surface area contributed by atoms with Gasteiger partial charge in [-0.3, -0.25) is 38.5 Å². The molecule has 0 spiro atoms. The van der Waals surface area contributed by atoms with Gasteiger partial charge in [-0.25, -0.2) is 0 Å². The molecule has 0 aromatic rings. The quantitative estimate of drug-likeness (QED) is 0.158. The molecule has 14 nitrogen and oxygen atoms in total. The fourth-order valence-electron chi connectivity index (χ4n) is 7.50. The lowest BCUT2D eigenvalue weighted by Gasteiger charge is -2.38. The van der Waals surface area contributed by atoms with Crippen molar-refractivity contribution in [3.63, 3.8) is 0 Å². The van der Waals surface area contributed by atoms with Gasteiger partial charge in [0.05, 0.1) is 12.1 Å². The van der Waals surface area contributed by atoms with Crippen molar-refractivity contribution >= 4 is 41.4 Å². The Bertz CT molecular complexity index is 1370. The van der Waals surface area contributed by atoms with Crippen molar-refractivity contribution in [3.8, 4) is 0 Å². The van der Waals surface area contributed by atoms with Gasteiger partial charge in [0.25, 0.3) is 11.8 Å². The van der Waals surface area contributed by atoms with Crippen LogP contribution in [0.1, 0.15) is 108 Å². The van der Waals surface area contributed by atoms with Crippen molar-refractivity contribution in [2.24, 2.45) is 23.7 Å². The zero-order chi connectivity index (χ0) is 40.5. The second-order valence-corrected chi connectivity index (χ2v) is 16.0. The number of nitrogens with one attached hydrogen (secondary N) is 1. The highest BCUT2D eigenvalue weighted by Gasteiger charge is 2.48. The van der Waals surface area contributed by atoms with Crippen LogP contribution in [0.25, 0.3) is 0 Å². The van der Waals surface area contributed by atoms with E-state index in [2.05, 4.69) is 19.2 Å². The molecule has 2 aliphatic heterocycles. The van der Waals surface area contributed by atoms with Gasteiger partial charge in [0, 0.05) is 46.0 Å². The second kappa shape index (κ2) is 20.0. The molecule has 2 N–H and O–H groups in total. The van der Waals surface area contributed by atoms with Crippen molar-refractivity contribution in [1.29, 1.82) is 0 Å². The Hall–Kier alpha value is -3.81. The van der Waals surface area contributed by atoms with Gasteiger partial charge in [0.15, 0.2) is 0 Å². The summed E-state index contributed by atoms with van der Waals surface area (Å²) in [5.41, 5.74) is 0. The van der Waals surface area contributed by atoms with Crippen molar-refractivity contribution < 1.29 is 43.4 Å². The Balaban J connectivity index is 2.41. The molecule has 0 radical (unpaired) electrons. The molecule has 2 aliphatic rings. The molecule has 0 bridgehead atoms. The van der Waals surface area contributed by atoms with Gasteiger partial charge < -0.3 is 29.9 Å². The predicted octanol–water partition coefficient (Wildman–Crippen LogP) is 2.91. The first-order chi connectivity index (χ1) is 24.6. The molecule has 2 heterocycles. The number of amides is 6. The Labute approximate surface area is 316 Å². The maximum atomic E-state index is 14.4. The minimum atomic E-state index is -1.44. The number of likely N-dealkylation sites (tertiary alicyclic amines) is 1. The summed E-state index contributed by atoms with van der Waals surface area (Å²) >= 11 is 0. The number of aliphatic hydroxyl groups is 1. The van der Waals surface area contributed by atoms with Crippen molar-refractivity contribution in [2.75, 3.05) is 20.6 Å². The number of likely N-dealkylation sites (N-methyl/N-ethyl adjacent to an activating group) is 2. The molecule has 14 heteroatoms. The molecule has 0 aliphatic carbocycles. The van der Waals surface area contributed by atoms with E-state index in [0.29, 0.717) is 18.8 Å². The van der Waals surface area contributed by atoms with Crippen LogP contribution in [0.3, 0.4) is 0 Å². The summed E-state index contributed by atoms with van der Waals surface area (Å²) in [4.78, 5) is 99.5.